The number of hydrogen-bond donors (Lipinski definition) is 1. The van der Waals surface area contributed by atoms with Crippen LogP contribution in [0.1, 0.15) is 18.9 Å². The van der Waals surface area contributed by atoms with E-state index in [4.69, 9.17) is 23.7 Å². The molecule has 2 amide bonds. The molecule has 1 atom stereocenters. The summed E-state index contributed by atoms with van der Waals surface area (Å²) in [6.07, 6.45) is 0.284. The lowest BCUT2D eigenvalue weighted by Crippen LogP contribution is -2.51. The lowest BCUT2D eigenvalue weighted by atomic mass is 10.1. The second-order valence-corrected chi connectivity index (χ2v) is 11.3. The minimum atomic E-state index is -4.44. The molecule has 0 aliphatic rings. The van der Waals surface area contributed by atoms with Gasteiger partial charge in [-0.25, -0.2) is 8.42 Å². The molecular weight excluding hydrogens is 590 g/mol. The number of likely N-dealkylation sites (N-methyl/N-ethyl adjacent to an activating group) is 1. The van der Waals surface area contributed by atoms with Crippen LogP contribution in [0.3, 0.4) is 0 Å². The Morgan fingerprint density at radius 2 is 1.36 bits per heavy atom. The van der Waals surface area contributed by atoms with Crippen molar-refractivity contribution in [1.29, 1.82) is 0 Å². The van der Waals surface area contributed by atoms with Crippen molar-refractivity contribution in [2.45, 2.75) is 30.8 Å². The number of ether oxygens (including phenoxy) is 5. The van der Waals surface area contributed by atoms with Gasteiger partial charge < -0.3 is 33.9 Å². The van der Waals surface area contributed by atoms with Gasteiger partial charge in [-0.15, -0.1) is 0 Å². The molecule has 0 spiro atoms. The molecule has 0 aromatic heterocycles. The maximum atomic E-state index is 14.4. The maximum absolute atomic E-state index is 14.4. The molecule has 0 bridgehead atoms. The number of methoxy groups -OCH3 is 5. The molecule has 0 unspecified atom stereocenters. The predicted molar refractivity (Wildman–Crippen MR) is 165 cm³/mol. The molecular formula is C31H39N3O9S. The SMILES string of the molecule is CC[C@@H](C(=O)NC)N(Cc1ccc(OC)cc1)C(=O)CN(c1cc(OC)ccc1OC)S(=O)(=O)c1ccc(OC)c(OC)c1. The van der Waals surface area contributed by atoms with Crippen LogP contribution in [-0.4, -0.2) is 80.3 Å². The number of nitrogens with one attached hydrogen (secondary N) is 1. The summed E-state index contributed by atoms with van der Waals surface area (Å²) in [6.45, 7) is 1.15. The Morgan fingerprint density at radius 1 is 0.773 bits per heavy atom. The molecule has 44 heavy (non-hydrogen) atoms. The average molecular weight is 630 g/mol. The van der Waals surface area contributed by atoms with E-state index in [1.807, 2.05) is 0 Å². The zero-order chi connectivity index (χ0) is 32.4. The highest BCUT2D eigenvalue weighted by atomic mass is 32.2. The van der Waals surface area contributed by atoms with Gasteiger partial charge in [-0.3, -0.25) is 13.9 Å². The first-order chi connectivity index (χ1) is 21.1. The molecule has 0 saturated carbocycles. The van der Waals surface area contributed by atoms with Crippen molar-refractivity contribution in [3.63, 3.8) is 0 Å². The van der Waals surface area contributed by atoms with Crippen LogP contribution in [0.2, 0.25) is 0 Å². The van der Waals surface area contributed by atoms with Crippen LogP contribution in [0, 0.1) is 0 Å². The van der Waals surface area contributed by atoms with E-state index in [1.54, 1.807) is 50.4 Å². The standard InChI is InChI=1S/C31H39N3O9S/c1-8-25(31(36)32-2)33(19-21-9-11-22(39-3)12-10-21)30(35)20-34(26-17-23(40-4)13-15-27(26)41-5)44(37,38)24-14-16-28(42-6)29(18-24)43-7/h9-18,25H,8,19-20H2,1-7H3,(H,32,36)/t25-/m0/s1. The van der Waals surface area contributed by atoms with Gasteiger partial charge in [0.05, 0.1) is 46.1 Å². The molecule has 3 aromatic carbocycles. The Balaban J connectivity index is 2.18. The van der Waals surface area contributed by atoms with Crippen LogP contribution >= 0.6 is 0 Å². The van der Waals surface area contributed by atoms with Crippen molar-refractivity contribution in [2.24, 2.45) is 0 Å². The highest BCUT2D eigenvalue weighted by Crippen LogP contribution is 2.38. The van der Waals surface area contributed by atoms with Crippen LogP contribution in [0.15, 0.2) is 65.6 Å². The third-order valence-corrected chi connectivity index (χ3v) is 8.78. The summed E-state index contributed by atoms with van der Waals surface area (Å²) in [4.78, 5) is 28.4. The first kappa shape index (κ1) is 33.8. The van der Waals surface area contributed by atoms with Gasteiger partial charge in [-0.1, -0.05) is 19.1 Å². The summed E-state index contributed by atoms with van der Waals surface area (Å²) in [5.41, 5.74) is 0.780. The van der Waals surface area contributed by atoms with Crippen molar-refractivity contribution in [3.8, 4) is 28.7 Å². The molecule has 0 radical (unpaired) electrons. The van der Waals surface area contributed by atoms with Gasteiger partial charge in [0.15, 0.2) is 11.5 Å². The van der Waals surface area contributed by atoms with Gasteiger partial charge in [-0.05, 0) is 48.4 Å². The molecule has 0 saturated heterocycles. The van der Waals surface area contributed by atoms with Crippen LogP contribution in [0.5, 0.6) is 28.7 Å². The van der Waals surface area contributed by atoms with E-state index in [1.165, 1.54) is 64.7 Å². The number of hydrogen-bond acceptors (Lipinski definition) is 9. The average Bonchev–Trinajstić information content (AvgIpc) is 3.06. The monoisotopic (exact) mass is 629 g/mol. The van der Waals surface area contributed by atoms with E-state index in [-0.39, 0.29) is 41.0 Å². The topological polar surface area (TPSA) is 133 Å². The molecule has 0 aliphatic carbocycles. The first-order valence-corrected chi connectivity index (χ1v) is 15.1. The molecule has 3 rings (SSSR count). The van der Waals surface area contributed by atoms with Gasteiger partial charge in [0.1, 0.15) is 29.8 Å². The fourth-order valence-electron chi connectivity index (χ4n) is 4.62. The van der Waals surface area contributed by atoms with Gasteiger partial charge in [0, 0.05) is 25.7 Å². The fourth-order valence-corrected chi connectivity index (χ4v) is 6.06. The van der Waals surface area contributed by atoms with E-state index in [0.717, 1.165) is 9.87 Å². The van der Waals surface area contributed by atoms with Crippen molar-refractivity contribution >= 4 is 27.5 Å². The zero-order valence-corrected chi connectivity index (χ0v) is 26.8. The Kier molecular flexibility index (Phi) is 11.7. The molecule has 0 aliphatic heterocycles. The number of benzene rings is 3. The molecule has 0 fully saturated rings. The van der Waals surface area contributed by atoms with Gasteiger partial charge in [0.2, 0.25) is 11.8 Å². The maximum Gasteiger partial charge on any atom is 0.265 e. The van der Waals surface area contributed by atoms with Gasteiger partial charge >= 0.3 is 0 Å². The summed E-state index contributed by atoms with van der Waals surface area (Å²) in [5, 5.41) is 2.61. The largest absolute Gasteiger partial charge is 0.497 e. The third kappa shape index (κ3) is 7.46. The molecule has 12 nitrogen and oxygen atoms in total. The van der Waals surface area contributed by atoms with Gasteiger partial charge in [0.25, 0.3) is 10.0 Å². The second-order valence-electron chi connectivity index (χ2n) is 9.47. The van der Waals surface area contributed by atoms with E-state index in [2.05, 4.69) is 5.32 Å². The Hall–Kier alpha value is -4.65. The number of nitrogens with zero attached hydrogens (tertiary/aromatic N) is 2. The lowest BCUT2D eigenvalue weighted by molar-refractivity contribution is -0.140. The lowest BCUT2D eigenvalue weighted by Gasteiger charge is -2.33. The van der Waals surface area contributed by atoms with E-state index < -0.39 is 28.5 Å². The van der Waals surface area contributed by atoms with E-state index in [9.17, 15) is 18.0 Å². The third-order valence-electron chi connectivity index (χ3n) is 7.02. The number of carbonyl (C=O) groups excluding carboxylic acids is 2. The van der Waals surface area contributed by atoms with Crippen molar-refractivity contribution in [1.82, 2.24) is 10.2 Å². The molecule has 3 aromatic rings. The minimum absolute atomic E-state index is 0.0360. The van der Waals surface area contributed by atoms with E-state index in [0.29, 0.717) is 17.2 Å². The number of sulfonamides is 1. The Labute approximate surface area is 258 Å². The summed E-state index contributed by atoms with van der Waals surface area (Å²) < 4.78 is 56.4. The molecule has 0 heterocycles. The number of carbonyl (C=O) groups is 2. The van der Waals surface area contributed by atoms with Crippen LogP contribution in [0.25, 0.3) is 0 Å². The highest BCUT2D eigenvalue weighted by Gasteiger charge is 2.35. The van der Waals surface area contributed by atoms with E-state index >= 15 is 0 Å². The number of rotatable bonds is 15. The van der Waals surface area contributed by atoms with Crippen LogP contribution < -0.4 is 33.3 Å². The summed E-state index contributed by atoms with van der Waals surface area (Å²) >= 11 is 0. The van der Waals surface area contributed by atoms with Gasteiger partial charge in [-0.2, -0.15) is 0 Å². The van der Waals surface area contributed by atoms with Crippen LogP contribution in [0.4, 0.5) is 5.69 Å². The molecule has 13 heteroatoms. The second kappa shape index (κ2) is 15.2. The Bertz CT molecular complexity index is 1550. The number of amides is 2. The highest BCUT2D eigenvalue weighted by molar-refractivity contribution is 7.92. The predicted octanol–water partition coefficient (Wildman–Crippen LogP) is 3.48. The smallest absolute Gasteiger partial charge is 0.265 e. The summed E-state index contributed by atoms with van der Waals surface area (Å²) in [6, 6.07) is 14.9. The molecule has 238 valence electrons. The molecule has 1 N–H and O–H groups in total. The normalized spacial score (nSPS) is 11.6. The van der Waals surface area contributed by atoms with Crippen LogP contribution in [-0.2, 0) is 26.2 Å². The quantitative estimate of drug-likeness (QED) is 0.268. The Morgan fingerprint density at radius 3 is 1.91 bits per heavy atom. The summed E-state index contributed by atoms with van der Waals surface area (Å²) in [7, 11) is 4.25. The number of anilines is 1. The summed E-state index contributed by atoms with van der Waals surface area (Å²) in [5.74, 6) is 0.657. The van der Waals surface area contributed by atoms with Crippen molar-refractivity contribution in [3.05, 3.63) is 66.2 Å². The minimum Gasteiger partial charge on any atom is -0.497 e. The first-order valence-electron chi connectivity index (χ1n) is 13.7. The van der Waals surface area contributed by atoms with Crippen molar-refractivity contribution in [2.75, 3.05) is 53.4 Å². The van der Waals surface area contributed by atoms with Crippen molar-refractivity contribution < 1.29 is 41.7 Å². The zero-order valence-electron chi connectivity index (χ0n) is 25.9. The fraction of sp³-hybridized carbons (Fsp3) is 0.355.